The first-order chi connectivity index (χ1) is 13.2. The summed E-state index contributed by atoms with van der Waals surface area (Å²) in [6.07, 6.45) is 5.32. The molecule has 0 aliphatic rings. The van der Waals surface area contributed by atoms with E-state index in [1.54, 1.807) is 36.0 Å². The molecule has 4 nitrogen and oxygen atoms in total. The Morgan fingerprint density at radius 2 is 2.04 bits per heavy atom. The summed E-state index contributed by atoms with van der Waals surface area (Å²) in [6.45, 7) is 0.895. The Labute approximate surface area is 170 Å². The van der Waals surface area contributed by atoms with Crippen molar-refractivity contribution in [1.29, 1.82) is 0 Å². The largest absolute Gasteiger partial charge is 0.390 e. The van der Waals surface area contributed by atoms with Gasteiger partial charge in [0.15, 0.2) is 6.61 Å². The number of thiophene rings is 1. The van der Waals surface area contributed by atoms with Gasteiger partial charge in [0.25, 0.3) is 0 Å². The van der Waals surface area contributed by atoms with Gasteiger partial charge in [-0.3, -0.25) is 0 Å². The van der Waals surface area contributed by atoms with Crippen LogP contribution in [0.2, 0.25) is 10.0 Å². The van der Waals surface area contributed by atoms with Gasteiger partial charge in [-0.1, -0.05) is 46.6 Å². The lowest BCUT2D eigenvalue weighted by Crippen LogP contribution is -2.12. The molecule has 2 aromatic heterocycles. The van der Waals surface area contributed by atoms with Crippen molar-refractivity contribution in [3.05, 3.63) is 87.7 Å². The van der Waals surface area contributed by atoms with Gasteiger partial charge < -0.3 is 9.40 Å². The second-order valence-electron chi connectivity index (χ2n) is 5.92. The quantitative estimate of drug-likeness (QED) is 0.285. The van der Waals surface area contributed by atoms with Crippen LogP contribution in [-0.2, 0) is 18.0 Å². The molecule has 0 aliphatic heterocycles. The van der Waals surface area contributed by atoms with Crippen LogP contribution in [0, 0.1) is 0 Å². The van der Waals surface area contributed by atoms with Crippen LogP contribution in [0.4, 0.5) is 0 Å². The van der Waals surface area contributed by atoms with Crippen molar-refractivity contribution < 1.29 is 4.84 Å². The molecule has 0 bridgehead atoms. The van der Waals surface area contributed by atoms with Crippen molar-refractivity contribution in [2.24, 2.45) is 5.16 Å². The van der Waals surface area contributed by atoms with Gasteiger partial charge in [-0.2, -0.15) is 0 Å². The smallest absolute Gasteiger partial charge is 0.151 e. The minimum absolute atomic E-state index is 0.401. The fourth-order valence-corrected chi connectivity index (χ4v) is 4.21. The van der Waals surface area contributed by atoms with Crippen molar-refractivity contribution in [1.82, 2.24) is 9.55 Å². The highest BCUT2D eigenvalue weighted by Crippen LogP contribution is 2.26. The predicted octanol–water partition coefficient (Wildman–Crippen LogP) is 6.03. The Hall–Kier alpha value is -2.34. The number of fused-ring (bicyclic) bond motifs is 1. The Kier molecular flexibility index (Phi) is 5.43. The summed E-state index contributed by atoms with van der Waals surface area (Å²) in [7, 11) is 0. The number of hydrogen-bond donors (Lipinski definition) is 0. The molecule has 0 spiro atoms. The fraction of sp³-hybridized carbons (Fsp3) is 0.100. The van der Waals surface area contributed by atoms with Crippen molar-refractivity contribution in [2.45, 2.75) is 13.2 Å². The van der Waals surface area contributed by atoms with E-state index in [-0.39, 0.29) is 0 Å². The zero-order valence-corrected chi connectivity index (χ0v) is 16.5. The van der Waals surface area contributed by atoms with E-state index in [0.717, 1.165) is 10.4 Å². The van der Waals surface area contributed by atoms with Crippen molar-refractivity contribution in [2.75, 3.05) is 0 Å². The lowest BCUT2D eigenvalue weighted by molar-refractivity contribution is 0.132. The highest BCUT2D eigenvalue weighted by Gasteiger charge is 2.11. The molecule has 0 fully saturated rings. The highest BCUT2D eigenvalue weighted by molar-refractivity contribution is 7.19. The van der Waals surface area contributed by atoms with Gasteiger partial charge in [-0.15, -0.1) is 11.3 Å². The zero-order valence-electron chi connectivity index (χ0n) is 14.2. The molecule has 4 rings (SSSR count). The number of imidazole rings is 1. The van der Waals surface area contributed by atoms with Gasteiger partial charge in [0, 0.05) is 32.6 Å². The number of rotatable bonds is 6. The highest BCUT2D eigenvalue weighted by atomic mass is 35.5. The van der Waals surface area contributed by atoms with Crippen molar-refractivity contribution >= 4 is 50.3 Å². The lowest BCUT2D eigenvalue weighted by Gasteiger charge is -2.10. The van der Waals surface area contributed by atoms with Crippen LogP contribution in [-0.4, -0.2) is 15.3 Å². The fourth-order valence-electron chi connectivity index (χ4n) is 2.72. The third kappa shape index (κ3) is 4.33. The number of halogens is 2. The Bertz CT molecular complexity index is 1060. The summed E-state index contributed by atoms with van der Waals surface area (Å²) in [5.41, 5.74) is 1.49. The number of benzene rings is 2. The molecule has 0 aliphatic carbocycles. The molecule has 2 heterocycles. The molecule has 0 saturated heterocycles. The molecular formula is C20H15Cl2N3OS. The van der Waals surface area contributed by atoms with Gasteiger partial charge in [0.05, 0.1) is 17.9 Å². The molecule has 7 heteroatoms. The van der Waals surface area contributed by atoms with Crippen LogP contribution in [0.1, 0.15) is 10.4 Å². The second kappa shape index (κ2) is 8.13. The molecule has 0 atom stereocenters. The number of hydrogen-bond acceptors (Lipinski definition) is 4. The van der Waals surface area contributed by atoms with Crippen LogP contribution < -0.4 is 0 Å². The summed E-state index contributed by atoms with van der Waals surface area (Å²) in [5.74, 6) is 0. The summed E-state index contributed by atoms with van der Waals surface area (Å²) in [5, 5.41) is 6.70. The Balaban J connectivity index is 1.57. The molecule has 136 valence electrons. The van der Waals surface area contributed by atoms with Gasteiger partial charge in [-0.05, 0) is 35.7 Å². The average molecular weight is 416 g/mol. The molecule has 2 aromatic carbocycles. The number of nitrogens with zero attached hydrogens (tertiary/aromatic N) is 3. The third-order valence-corrected chi connectivity index (χ3v) is 5.63. The molecule has 0 radical (unpaired) electrons. The third-order valence-electron chi connectivity index (χ3n) is 3.99. The summed E-state index contributed by atoms with van der Waals surface area (Å²) < 4.78 is 3.14. The molecule has 27 heavy (non-hydrogen) atoms. The van der Waals surface area contributed by atoms with Crippen LogP contribution >= 0.6 is 34.5 Å². The maximum absolute atomic E-state index is 6.37. The van der Waals surface area contributed by atoms with Crippen LogP contribution in [0.5, 0.6) is 0 Å². The summed E-state index contributed by atoms with van der Waals surface area (Å²) in [6, 6.07) is 15.7. The lowest BCUT2D eigenvalue weighted by atomic mass is 10.1. The molecule has 0 saturated carbocycles. The van der Waals surface area contributed by atoms with Crippen LogP contribution in [0.25, 0.3) is 10.1 Å². The second-order valence-corrected chi connectivity index (χ2v) is 7.93. The van der Waals surface area contributed by atoms with E-state index >= 15 is 0 Å². The van der Waals surface area contributed by atoms with E-state index in [1.807, 2.05) is 29.0 Å². The molecule has 4 aromatic rings. The first-order valence-corrected chi connectivity index (χ1v) is 9.84. The van der Waals surface area contributed by atoms with Crippen molar-refractivity contribution in [3.8, 4) is 0 Å². The van der Waals surface area contributed by atoms with Crippen molar-refractivity contribution in [3.63, 3.8) is 0 Å². The normalized spacial score (nSPS) is 11.9. The van der Waals surface area contributed by atoms with E-state index in [0.29, 0.717) is 28.9 Å². The standard InChI is InChI=1S/C20H15Cl2N3OS/c21-15-5-6-17(18(22)10-15)19(11-25-8-7-23-13-25)24-26-12-16-9-14-3-1-2-4-20(14)27-16/h1-10,13H,11-12H2/b24-19+. The van der Waals surface area contributed by atoms with Gasteiger partial charge in [0.1, 0.15) is 5.71 Å². The monoisotopic (exact) mass is 415 g/mol. The van der Waals surface area contributed by atoms with E-state index in [1.165, 1.54) is 10.1 Å². The van der Waals surface area contributed by atoms with E-state index in [2.05, 4.69) is 28.3 Å². The van der Waals surface area contributed by atoms with E-state index in [9.17, 15) is 0 Å². The maximum Gasteiger partial charge on any atom is 0.151 e. The summed E-state index contributed by atoms with van der Waals surface area (Å²) in [4.78, 5) is 10.9. The predicted molar refractivity (Wildman–Crippen MR) is 112 cm³/mol. The van der Waals surface area contributed by atoms with Crippen LogP contribution in [0.15, 0.2) is 72.4 Å². The number of aromatic nitrogens is 2. The molecule has 0 amide bonds. The zero-order chi connectivity index (χ0) is 18.6. The first-order valence-electron chi connectivity index (χ1n) is 8.26. The first kappa shape index (κ1) is 18.0. The summed E-state index contributed by atoms with van der Waals surface area (Å²) >= 11 is 14.1. The minimum atomic E-state index is 0.401. The minimum Gasteiger partial charge on any atom is -0.390 e. The Morgan fingerprint density at radius 3 is 2.81 bits per heavy atom. The van der Waals surface area contributed by atoms with Crippen LogP contribution in [0.3, 0.4) is 0 Å². The Morgan fingerprint density at radius 1 is 1.15 bits per heavy atom. The van der Waals surface area contributed by atoms with Gasteiger partial charge in [0.2, 0.25) is 0 Å². The average Bonchev–Trinajstić information content (AvgIpc) is 3.30. The SMILES string of the molecule is Clc1ccc(/C(Cn2ccnc2)=N/OCc2cc3ccccc3s2)c(Cl)c1. The number of oxime groups is 1. The molecule has 0 N–H and O–H groups in total. The topological polar surface area (TPSA) is 39.4 Å². The van der Waals surface area contributed by atoms with E-state index in [4.69, 9.17) is 28.0 Å². The van der Waals surface area contributed by atoms with Gasteiger partial charge in [-0.25, -0.2) is 4.98 Å². The maximum atomic E-state index is 6.37. The molecule has 0 unspecified atom stereocenters. The van der Waals surface area contributed by atoms with Gasteiger partial charge >= 0.3 is 0 Å². The van der Waals surface area contributed by atoms with E-state index < -0.39 is 0 Å². The molecular weight excluding hydrogens is 401 g/mol.